The molecule has 3 rings (SSSR count). The highest BCUT2D eigenvalue weighted by Crippen LogP contribution is 2.28. The van der Waals surface area contributed by atoms with E-state index in [1.165, 1.54) is 0 Å². The maximum Gasteiger partial charge on any atom is 0.146 e. The third-order valence-corrected chi connectivity index (χ3v) is 4.94. The third kappa shape index (κ3) is 4.06. The zero-order chi connectivity index (χ0) is 17.8. The number of aromatic nitrogens is 3. The Hall–Kier alpha value is -2.23. The summed E-state index contributed by atoms with van der Waals surface area (Å²) < 4.78 is 2.16. The number of hydrogen-bond donors (Lipinski definition) is 0. The summed E-state index contributed by atoms with van der Waals surface area (Å²) in [6.07, 6.45) is 2.17. The van der Waals surface area contributed by atoms with E-state index in [1.807, 2.05) is 32.3 Å². The maximum atomic E-state index is 9.24. The van der Waals surface area contributed by atoms with E-state index in [4.69, 9.17) is 0 Å². The number of likely N-dealkylation sites (tertiary alicyclic amines) is 1. The van der Waals surface area contributed by atoms with Gasteiger partial charge >= 0.3 is 0 Å². The number of hydrogen-bond acceptors (Lipinski definition) is 5. The standard InChI is InChI=1S/C19H26N6/c1-23(2)14-18-21-22-19(24(18)3)15-8-10-25(11-9-15)13-17-7-5-4-6-16(17)12-20/h4-7,15H,8-11,13-14H2,1-3H3. The van der Waals surface area contributed by atoms with Gasteiger partial charge in [0.25, 0.3) is 0 Å². The van der Waals surface area contributed by atoms with Crippen molar-refractivity contribution in [1.82, 2.24) is 24.6 Å². The molecule has 25 heavy (non-hydrogen) atoms. The highest BCUT2D eigenvalue weighted by Gasteiger charge is 2.25. The molecule has 0 radical (unpaired) electrons. The van der Waals surface area contributed by atoms with Crippen molar-refractivity contribution in [2.45, 2.75) is 31.8 Å². The van der Waals surface area contributed by atoms with Crippen LogP contribution in [0, 0.1) is 11.3 Å². The van der Waals surface area contributed by atoms with Crippen molar-refractivity contribution >= 4 is 0 Å². The summed E-state index contributed by atoms with van der Waals surface area (Å²) in [6.45, 7) is 3.72. The van der Waals surface area contributed by atoms with Crippen LogP contribution in [0.3, 0.4) is 0 Å². The Balaban J connectivity index is 1.61. The Bertz CT molecular complexity index is 750. The van der Waals surface area contributed by atoms with Crippen LogP contribution in [0.5, 0.6) is 0 Å². The number of nitriles is 1. The lowest BCUT2D eigenvalue weighted by molar-refractivity contribution is 0.200. The second kappa shape index (κ2) is 7.77. The van der Waals surface area contributed by atoms with Gasteiger partial charge in [0.1, 0.15) is 11.6 Å². The lowest BCUT2D eigenvalue weighted by Crippen LogP contribution is -2.33. The van der Waals surface area contributed by atoms with Gasteiger partial charge in [-0.1, -0.05) is 18.2 Å². The molecule has 2 aromatic rings. The Morgan fingerprint density at radius 2 is 1.92 bits per heavy atom. The van der Waals surface area contributed by atoms with Gasteiger partial charge in [0.2, 0.25) is 0 Å². The molecule has 6 nitrogen and oxygen atoms in total. The number of rotatable bonds is 5. The molecule has 1 saturated heterocycles. The molecule has 1 aromatic heterocycles. The van der Waals surface area contributed by atoms with Crippen molar-refractivity contribution < 1.29 is 0 Å². The molecule has 0 spiro atoms. The van der Waals surface area contributed by atoms with E-state index < -0.39 is 0 Å². The van der Waals surface area contributed by atoms with Crippen LogP contribution >= 0.6 is 0 Å². The molecule has 0 aliphatic carbocycles. The molecule has 0 amide bonds. The first kappa shape index (κ1) is 17.6. The first-order chi connectivity index (χ1) is 12.1. The summed E-state index contributed by atoms with van der Waals surface area (Å²) in [5, 5.41) is 18.1. The van der Waals surface area contributed by atoms with Crippen LogP contribution < -0.4 is 0 Å². The highest BCUT2D eigenvalue weighted by molar-refractivity contribution is 5.37. The Labute approximate surface area is 149 Å². The van der Waals surface area contributed by atoms with Crippen LogP contribution in [0.25, 0.3) is 0 Å². The Kier molecular flexibility index (Phi) is 5.47. The minimum absolute atomic E-state index is 0.468. The zero-order valence-electron chi connectivity index (χ0n) is 15.3. The van der Waals surface area contributed by atoms with Crippen molar-refractivity contribution in [3.05, 3.63) is 47.0 Å². The van der Waals surface area contributed by atoms with E-state index in [0.29, 0.717) is 5.92 Å². The van der Waals surface area contributed by atoms with Crippen LogP contribution in [0.2, 0.25) is 0 Å². The van der Waals surface area contributed by atoms with Crippen LogP contribution in [0.1, 0.15) is 41.5 Å². The van der Waals surface area contributed by atoms with E-state index in [0.717, 1.165) is 61.8 Å². The maximum absolute atomic E-state index is 9.24. The first-order valence-corrected chi connectivity index (χ1v) is 8.81. The SMILES string of the molecule is CN(C)Cc1nnc(C2CCN(Cc3ccccc3C#N)CC2)n1C. The second-order valence-electron chi connectivity index (χ2n) is 7.09. The monoisotopic (exact) mass is 338 g/mol. The molecule has 0 unspecified atom stereocenters. The molecule has 0 N–H and O–H groups in total. The van der Waals surface area contributed by atoms with E-state index in [2.05, 4.69) is 43.7 Å². The zero-order valence-corrected chi connectivity index (χ0v) is 15.3. The molecule has 6 heteroatoms. The van der Waals surface area contributed by atoms with Gasteiger partial charge in [-0.15, -0.1) is 10.2 Å². The van der Waals surface area contributed by atoms with E-state index in [-0.39, 0.29) is 0 Å². The van der Waals surface area contributed by atoms with Crippen molar-refractivity contribution in [2.75, 3.05) is 27.2 Å². The molecule has 1 aliphatic heterocycles. The lowest BCUT2D eigenvalue weighted by Gasteiger charge is -2.31. The average molecular weight is 338 g/mol. The topological polar surface area (TPSA) is 61.0 Å². The number of nitrogens with zero attached hydrogens (tertiary/aromatic N) is 6. The summed E-state index contributed by atoms with van der Waals surface area (Å²) >= 11 is 0. The fourth-order valence-electron chi connectivity index (χ4n) is 3.51. The average Bonchev–Trinajstić information content (AvgIpc) is 2.96. The highest BCUT2D eigenvalue weighted by atomic mass is 15.3. The molecule has 0 atom stereocenters. The van der Waals surface area contributed by atoms with Crippen LogP contribution in [0.4, 0.5) is 0 Å². The van der Waals surface area contributed by atoms with Crippen molar-refractivity contribution in [3.8, 4) is 6.07 Å². The second-order valence-corrected chi connectivity index (χ2v) is 7.09. The summed E-state index contributed by atoms with van der Waals surface area (Å²) in [4.78, 5) is 4.55. The first-order valence-electron chi connectivity index (χ1n) is 8.81. The molecular formula is C19H26N6. The molecule has 0 bridgehead atoms. The van der Waals surface area contributed by atoms with Crippen LogP contribution in [-0.2, 0) is 20.1 Å². The molecular weight excluding hydrogens is 312 g/mol. The normalized spacial score (nSPS) is 16.3. The third-order valence-electron chi connectivity index (χ3n) is 4.94. The van der Waals surface area contributed by atoms with Gasteiger partial charge in [-0.25, -0.2) is 0 Å². The summed E-state index contributed by atoms with van der Waals surface area (Å²) in [5.41, 5.74) is 1.90. The largest absolute Gasteiger partial charge is 0.317 e. The fraction of sp³-hybridized carbons (Fsp3) is 0.526. The molecule has 1 aromatic carbocycles. The fourth-order valence-corrected chi connectivity index (χ4v) is 3.51. The van der Waals surface area contributed by atoms with Crippen molar-refractivity contribution in [2.24, 2.45) is 7.05 Å². The summed E-state index contributed by atoms with van der Waals surface area (Å²) in [6, 6.07) is 10.2. The van der Waals surface area contributed by atoms with Gasteiger partial charge in [0.15, 0.2) is 0 Å². The molecule has 0 saturated carbocycles. The molecule has 2 heterocycles. The number of benzene rings is 1. The Morgan fingerprint density at radius 1 is 1.20 bits per heavy atom. The van der Waals surface area contributed by atoms with Crippen molar-refractivity contribution in [1.29, 1.82) is 5.26 Å². The van der Waals surface area contributed by atoms with Crippen molar-refractivity contribution in [3.63, 3.8) is 0 Å². The predicted molar refractivity (Wildman–Crippen MR) is 96.8 cm³/mol. The lowest BCUT2D eigenvalue weighted by atomic mass is 9.95. The molecule has 132 valence electrons. The van der Waals surface area contributed by atoms with Gasteiger partial charge in [0.05, 0.1) is 18.2 Å². The summed E-state index contributed by atoms with van der Waals surface area (Å²) in [5.74, 6) is 2.59. The van der Waals surface area contributed by atoms with Gasteiger partial charge in [-0.3, -0.25) is 4.90 Å². The van der Waals surface area contributed by atoms with Crippen LogP contribution in [-0.4, -0.2) is 51.7 Å². The van der Waals surface area contributed by atoms with Gasteiger partial charge in [-0.05, 0) is 51.7 Å². The minimum atomic E-state index is 0.468. The van der Waals surface area contributed by atoms with Gasteiger partial charge in [0, 0.05) is 19.5 Å². The van der Waals surface area contributed by atoms with E-state index in [9.17, 15) is 5.26 Å². The van der Waals surface area contributed by atoms with Gasteiger partial charge in [-0.2, -0.15) is 5.26 Å². The number of piperidine rings is 1. The smallest absolute Gasteiger partial charge is 0.146 e. The quantitative estimate of drug-likeness (QED) is 0.836. The minimum Gasteiger partial charge on any atom is -0.317 e. The predicted octanol–water partition coefficient (Wildman–Crippen LogP) is 2.13. The van der Waals surface area contributed by atoms with E-state index >= 15 is 0 Å². The van der Waals surface area contributed by atoms with Gasteiger partial charge < -0.3 is 9.47 Å². The molecule has 1 aliphatic rings. The summed E-state index contributed by atoms with van der Waals surface area (Å²) in [7, 11) is 6.17. The van der Waals surface area contributed by atoms with E-state index in [1.54, 1.807) is 0 Å². The Morgan fingerprint density at radius 3 is 2.60 bits per heavy atom. The molecule has 1 fully saturated rings. The van der Waals surface area contributed by atoms with Crippen LogP contribution in [0.15, 0.2) is 24.3 Å².